The van der Waals surface area contributed by atoms with Gasteiger partial charge >= 0.3 is 0 Å². The number of benzene rings is 2. The summed E-state index contributed by atoms with van der Waals surface area (Å²) in [5.74, 6) is 0.212. The van der Waals surface area contributed by atoms with Crippen molar-refractivity contribution in [3.63, 3.8) is 0 Å². The van der Waals surface area contributed by atoms with Crippen molar-refractivity contribution in [3.05, 3.63) is 76.7 Å². The van der Waals surface area contributed by atoms with Gasteiger partial charge in [-0.25, -0.2) is 9.97 Å². The number of fused-ring (bicyclic) bond motifs is 2. The Morgan fingerprint density at radius 2 is 1.93 bits per heavy atom. The maximum atomic E-state index is 12.4. The molecule has 0 aliphatic rings. The Morgan fingerprint density at radius 3 is 2.76 bits per heavy atom. The van der Waals surface area contributed by atoms with Crippen LogP contribution in [0.3, 0.4) is 0 Å². The lowest BCUT2D eigenvalue weighted by Gasteiger charge is -2.07. The van der Waals surface area contributed by atoms with Crippen LogP contribution in [0.1, 0.15) is 0 Å². The monoisotopic (exact) mass is 402 g/mol. The van der Waals surface area contributed by atoms with E-state index in [1.54, 1.807) is 18.2 Å². The first-order valence-electron chi connectivity index (χ1n) is 8.86. The van der Waals surface area contributed by atoms with Crippen molar-refractivity contribution >= 4 is 44.2 Å². The Labute approximate surface area is 168 Å². The highest BCUT2D eigenvalue weighted by Crippen LogP contribution is 2.25. The molecule has 0 bridgehead atoms. The van der Waals surface area contributed by atoms with Crippen LogP contribution in [0, 0.1) is 0 Å². The molecule has 0 fully saturated rings. The number of hydrogen-bond donors (Lipinski definition) is 1. The molecule has 0 aliphatic heterocycles. The summed E-state index contributed by atoms with van der Waals surface area (Å²) in [6.45, 7) is -0.107. The van der Waals surface area contributed by atoms with Crippen molar-refractivity contribution in [2.24, 2.45) is 0 Å². The molecule has 2 aromatic carbocycles. The number of rotatable bonds is 4. The largest absolute Gasteiger partial charge is 0.436 e. The number of aromatic nitrogens is 3. The highest BCUT2D eigenvalue weighted by atomic mass is 32.1. The van der Waals surface area contributed by atoms with E-state index in [0.29, 0.717) is 21.8 Å². The molecule has 29 heavy (non-hydrogen) atoms. The van der Waals surface area contributed by atoms with Gasteiger partial charge in [0.2, 0.25) is 11.8 Å². The summed E-state index contributed by atoms with van der Waals surface area (Å²) in [5.41, 5.74) is 2.72. The van der Waals surface area contributed by atoms with E-state index in [9.17, 15) is 9.59 Å². The molecule has 1 N–H and O–H groups in total. The van der Waals surface area contributed by atoms with Gasteiger partial charge in [0.1, 0.15) is 16.9 Å². The number of thiophene rings is 1. The summed E-state index contributed by atoms with van der Waals surface area (Å²) in [5, 5.41) is 5.12. The third-order valence-corrected chi connectivity index (χ3v) is 5.29. The fourth-order valence-electron chi connectivity index (χ4n) is 3.05. The molecule has 3 aromatic heterocycles. The number of hydrogen-bond acceptors (Lipinski definition) is 6. The molecule has 142 valence electrons. The van der Waals surface area contributed by atoms with E-state index >= 15 is 0 Å². The molecular weight excluding hydrogens is 388 g/mol. The number of amides is 1. The van der Waals surface area contributed by atoms with Crippen LogP contribution in [0.25, 0.3) is 32.8 Å². The molecule has 5 rings (SSSR count). The Hall–Kier alpha value is -3.78. The maximum Gasteiger partial charge on any atom is 0.262 e. The topological polar surface area (TPSA) is 90.0 Å². The number of nitrogens with one attached hydrogen (secondary N) is 1. The quantitative estimate of drug-likeness (QED) is 0.492. The second-order valence-corrected chi connectivity index (χ2v) is 7.32. The summed E-state index contributed by atoms with van der Waals surface area (Å²) in [6.07, 6.45) is 1.40. The van der Waals surface area contributed by atoms with Gasteiger partial charge in [0.25, 0.3) is 5.56 Å². The van der Waals surface area contributed by atoms with Gasteiger partial charge in [-0.15, -0.1) is 11.3 Å². The molecule has 0 saturated heterocycles. The molecule has 3 heterocycles. The van der Waals surface area contributed by atoms with Crippen molar-refractivity contribution < 1.29 is 9.21 Å². The average molecular weight is 402 g/mol. The van der Waals surface area contributed by atoms with Crippen LogP contribution in [0.5, 0.6) is 0 Å². The van der Waals surface area contributed by atoms with E-state index < -0.39 is 0 Å². The zero-order chi connectivity index (χ0) is 19.8. The molecule has 7 nitrogen and oxygen atoms in total. The highest BCUT2D eigenvalue weighted by Gasteiger charge is 2.11. The number of oxazole rings is 1. The highest BCUT2D eigenvalue weighted by molar-refractivity contribution is 7.16. The number of carbonyl (C=O) groups excluding carboxylic acids is 1. The van der Waals surface area contributed by atoms with E-state index in [-0.39, 0.29) is 18.0 Å². The van der Waals surface area contributed by atoms with Crippen LogP contribution < -0.4 is 10.9 Å². The SMILES string of the molecule is O=C(Cn1cnc2sccc2c1=O)Nc1ccc(-c2nc3ccccc3o2)cc1. The van der Waals surface area contributed by atoms with Gasteiger partial charge < -0.3 is 9.73 Å². The van der Waals surface area contributed by atoms with Crippen LogP contribution >= 0.6 is 11.3 Å². The molecule has 0 atom stereocenters. The molecule has 8 heteroatoms. The second kappa shape index (κ2) is 6.99. The van der Waals surface area contributed by atoms with Crippen LogP contribution in [-0.2, 0) is 11.3 Å². The van der Waals surface area contributed by atoms with E-state index in [0.717, 1.165) is 16.7 Å². The number of anilines is 1. The lowest BCUT2D eigenvalue weighted by molar-refractivity contribution is -0.116. The lowest BCUT2D eigenvalue weighted by Crippen LogP contribution is -2.27. The molecule has 0 aliphatic carbocycles. The fraction of sp³-hybridized carbons (Fsp3) is 0.0476. The Morgan fingerprint density at radius 1 is 1.10 bits per heavy atom. The fourth-order valence-corrected chi connectivity index (χ4v) is 3.78. The van der Waals surface area contributed by atoms with Crippen molar-refractivity contribution in [2.45, 2.75) is 6.54 Å². The molecule has 1 amide bonds. The molecule has 5 aromatic rings. The number of para-hydroxylation sites is 2. The third kappa shape index (κ3) is 3.30. The molecule has 0 spiro atoms. The Bertz CT molecular complexity index is 1370. The van der Waals surface area contributed by atoms with Crippen LogP contribution in [0.15, 0.2) is 75.5 Å². The predicted molar refractivity (Wildman–Crippen MR) is 112 cm³/mol. The van der Waals surface area contributed by atoms with Crippen molar-refractivity contribution in [1.29, 1.82) is 0 Å². The van der Waals surface area contributed by atoms with Gasteiger partial charge in [0.15, 0.2) is 5.58 Å². The first kappa shape index (κ1) is 17.3. The summed E-state index contributed by atoms with van der Waals surface area (Å²) in [4.78, 5) is 34.1. The van der Waals surface area contributed by atoms with Gasteiger partial charge in [-0.05, 0) is 47.8 Å². The lowest BCUT2D eigenvalue weighted by atomic mass is 10.2. The van der Waals surface area contributed by atoms with Crippen LogP contribution in [-0.4, -0.2) is 20.4 Å². The minimum absolute atomic E-state index is 0.107. The zero-order valence-electron chi connectivity index (χ0n) is 15.0. The molecular formula is C21H14N4O3S. The van der Waals surface area contributed by atoms with Gasteiger partial charge in [-0.2, -0.15) is 0 Å². The smallest absolute Gasteiger partial charge is 0.262 e. The van der Waals surface area contributed by atoms with E-state index in [2.05, 4.69) is 15.3 Å². The normalized spacial score (nSPS) is 11.2. The van der Waals surface area contributed by atoms with Gasteiger partial charge in [0, 0.05) is 11.3 Å². The predicted octanol–water partition coefficient (Wildman–Crippen LogP) is 3.90. The van der Waals surface area contributed by atoms with E-state index in [4.69, 9.17) is 4.42 Å². The summed E-state index contributed by atoms with van der Waals surface area (Å²) in [6, 6.07) is 16.5. The maximum absolute atomic E-state index is 12.4. The van der Waals surface area contributed by atoms with Crippen LogP contribution in [0.4, 0.5) is 5.69 Å². The van der Waals surface area contributed by atoms with Crippen molar-refractivity contribution in [1.82, 2.24) is 14.5 Å². The Kier molecular flexibility index (Phi) is 4.18. The molecule has 0 saturated carbocycles. The second-order valence-electron chi connectivity index (χ2n) is 6.43. The first-order valence-corrected chi connectivity index (χ1v) is 9.74. The standard InChI is InChI=1S/C21H14N4O3S/c26-18(11-25-12-22-20-15(21(25)27)9-10-29-20)23-14-7-5-13(6-8-14)19-24-16-3-1-2-4-17(16)28-19/h1-10,12H,11H2,(H,23,26). The minimum atomic E-state index is -0.307. The number of carbonyl (C=O) groups is 1. The van der Waals surface area contributed by atoms with Gasteiger partial charge in [-0.1, -0.05) is 12.1 Å². The zero-order valence-corrected chi connectivity index (χ0v) is 15.8. The molecule has 0 unspecified atom stereocenters. The molecule has 0 radical (unpaired) electrons. The van der Waals surface area contributed by atoms with E-state index in [1.165, 1.54) is 22.2 Å². The summed E-state index contributed by atoms with van der Waals surface area (Å²) < 4.78 is 7.06. The van der Waals surface area contributed by atoms with Gasteiger partial charge in [0.05, 0.1) is 11.7 Å². The minimum Gasteiger partial charge on any atom is -0.436 e. The third-order valence-electron chi connectivity index (χ3n) is 4.47. The van der Waals surface area contributed by atoms with Crippen LogP contribution in [0.2, 0.25) is 0 Å². The van der Waals surface area contributed by atoms with Crippen molar-refractivity contribution in [2.75, 3.05) is 5.32 Å². The first-order chi connectivity index (χ1) is 14.2. The van der Waals surface area contributed by atoms with E-state index in [1.807, 2.05) is 41.8 Å². The van der Waals surface area contributed by atoms with Crippen molar-refractivity contribution in [3.8, 4) is 11.5 Å². The average Bonchev–Trinajstić information content (AvgIpc) is 3.38. The summed E-state index contributed by atoms with van der Waals surface area (Å²) >= 11 is 1.39. The van der Waals surface area contributed by atoms with Gasteiger partial charge in [-0.3, -0.25) is 14.2 Å². The summed E-state index contributed by atoms with van der Waals surface area (Å²) in [7, 11) is 0. The Balaban J connectivity index is 1.31. The number of nitrogens with zero attached hydrogens (tertiary/aromatic N) is 3.